The molecule has 0 aliphatic rings. The second-order valence-corrected chi connectivity index (χ2v) is 3.21. The largest absolute Gasteiger partial charge is 0.382 e. The fraction of sp³-hybridized carbons (Fsp3) is 0. The van der Waals surface area contributed by atoms with E-state index in [1.165, 1.54) is 0 Å². The topological polar surface area (TPSA) is 56.2 Å². The minimum Gasteiger partial charge on any atom is -0.382 e. The van der Waals surface area contributed by atoms with Gasteiger partial charge in [-0.05, 0) is 34.7 Å². The van der Waals surface area contributed by atoms with E-state index in [1.54, 1.807) is 16.8 Å². The number of anilines is 1. The highest BCUT2D eigenvalue weighted by atomic mass is 127. The highest BCUT2D eigenvalue weighted by Gasteiger charge is 1.99. The van der Waals surface area contributed by atoms with Gasteiger partial charge in [-0.25, -0.2) is 9.50 Å². The Bertz CT molecular complexity index is 394. The van der Waals surface area contributed by atoms with Gasteiger partial charge >= 0.3 is 0 Å². The van der Waals surface area contributed by atoms with Crippen LogP contribution in [-0.2, 0) is 0 Å². The molecule has 2 rings (SSSR count). The Morgan fingerprint density at radius 2 is 2.27 bits per heavy atom. The molecule has 4 nitrogen and oxygen atoms in total. The van der Waals surface area contributed by atoms with Crippen LogP contribution >= 0.6 is 22.6 Å². The first kappa shape index (κ1) is 6.84. The molecule has 11 heavy (non-hydrogen) atoms. The molecule has 56 valence electrons. The lowest BCUT2D eigenvalue weighted by Crippen LogP contribution is -1.98. The van der Waals surface area contributed by atoms with E-state index in [-0.39, 0.29) is 0 Å². The first-order valence-corrected chi connectivity index (χ1v) is 4.11. The average molecular weight is 260 g/mol. The normalized spacial score (nSPS) is 10.6. The van der Waals surface area contributed by atoms with Gasteiger partial charge in [0.1, 0.15) is 9.52 Å². The van der Waals surface area contributed by atoms with Crippen molar-refractivity contribution in [1.82, 2.24) is 14.6 Å². The van der Waals surface area contributed by atoms with Crippen LogP contribution in [0.15, 0.2) is 18.3 Å². The number of imidazole rings is 1. The van der Waals surface area contributed by atoms with Crippen molar-refractivity contribution in [1.29, 1.82) is 0 Å². The standard InChI is InChI=1S/C6H5IN4/c7-4-3-9-6-2-1-5(8)10-11(4)6/h1-3H,(H2,8,10). The summed E-state index contributed by atoms with van der Waals surface area (Å²) >= 11 is 2.15. The van der Waals surface area contributed by atoms with Crippen molar-refractivity contribution in [2.45, 2.75) is 0 Å². The second kappa shape index (κ2) is 2.33. The van der Waals surface area contributed by atoms with Crippen LogP contribution in [0.5, 0.6) is 0 Å². The van der Waals surface area contributed by atoms with Gasteiger partial charge in [0, 0.05) is 0 Å². The van der Waals surface area contributed by atoms with E-state index in [1.807, 2.05) is 6.07 Å². The Kier molecular flexibility index (Phi) is 1.45. The van der Waals surface area contributed by atoms with Crippen molar-refractivity contribution in [3.63, 3.8) is 0 Å². The molecule has 2 aromatic heterocycles. The lowest BCUT2D eigenvalue weighted by Gasteiger charge is -1.94. The molecule has 0 spiro atoms. The van der Waals surface area contributed by atoms with Crippen molar-refractivity contribution in [2.24, 2.45) is 0 Å². The van der Waals surface area contributed by atoms with Crippen LogP contribution in [0.25, 0.3) is 5.65 Å². The molecular weight excluding hydrogens is 255 g/mol. The van der Waals surface area contributed by atoms with E-state index in [9.17, 15) is 0 Å². The Morgan fingerprint density at radius 3 is 3.09 bits per heavy atom. The van der Waals surface area contributed by atoms with Crippen LogP contribution in [-0.4, -0.2) is 14.6 Å². The zero-order valence-corrected chi connectivity index (χ0v) is 7.69. The number of hydrogen-bond acceptors (Lipinski definition) is 3. The van der Waals surface area contributed by atoms with Crippen LogP contribution in [0.2, 0.25) is 0 Å². The van der Waals surface area contributed by atoms with Crippen molar-refractivity contribution in [3.8, 4) is 0 Å². The number of nitrogens with two attached hydrogens (primary N) is 1. The Hall–Kier alpha value is -0.850. The van der Waals surface area contributed by atoms with E-state index in [0.717, 1.165) is 9.35 Å². The van der Waals surface area contributed by atoms with Crippen molar-refractivity contribution < 1.29 is 0 Å². The highest BCUT2D eigenvalue weighted by molar-refractivity contribution is 14.1. The average Bonchev–Trinajstić information content (AvgIpc) is 2.33. The molecule has 0 amide bonds. The first-order valence-electron chi connectivity index (χ1n) is 3.03. The summed E-state index contributed by atoms with van der Waals surface area (Å²) in [5, 5.41) is 4.06. The lowest BCUT2D eigenvalue weighted by atomic mass is 10.5. The van der Waals surface area contributed by atoms with Gasteiger partial charge in [0.15, 0.2) is 5.65 Å². The molecule has 0 radical (unpaired) electrons. The van der Waals surface area contributed by atoms with E-state index in [0.29, 0.717) is 5.82 Å². The molecule has 0 aromatic carbocycles. The number of aromatic nitrogens is 3. The summed E-state index contributed by atoms with van der Waals surface area (Å²) in [5.41, 5.74) is 6.31. The summed E-state index contributed by atoms with van der Waals surface area (Å²) in [6.45, 7) is 0. The molecular formula is C6H5IN4. The van der Waals surface area contributed by atoms with Gasteiger partial charge in [0.05, 0.1) is 6.20 Å². The zero-order chi connectivity index (χ0) is 7.84. The van der Waals surface area contributed by atoms with Crippen molar-refractivity contribution in [3.05, 3.63) is 22.0 Å². The van der Waals surface area contributed by atoms with Gasteiger partial charge in [-0.3, -0.25) is 0 Å². The summed E-state index contributed by atoms with van der Waals surface area (Å²) in [6, 6.07) is 3.57. The van der Waals surface area contributed by atoms with Crippen LogP contribution in [0.3, 0.4) is 0 Å². The van der Waals surface area contributed by atoms with Gasteiger partial charge in [-0.15, -0.1) is 5.10 Å². The van der Waals surface area contributed by atoms with Crippen LogP contribution in [0.1, 0.15) is 0 Å². The van der Waals surface area contributed by atoms with Crippen LogP contribution in [0.4, 0.5) is 5.82 Å². The quantitative estimate of drug-likeness (QED) is 0.716. The van der Waals surface area contributed by atoms with Crippen LogP contribution in [0, 0.1) is 3.70 Å². The monoisotopic (exact) mass is 260 g/mol. The summed E-state index contributed by atoms with van der Waals surface area (Å²) in [5.74, 6) is 0.508. The number of nitrogen functional groups attached to an aromatic ring is 1. The smallest absolute Gasteiger partial charge is 0.154 e. The first-order chi connectivity index (χ1) is 5.27. The van der Waals surface area contributed by atoms with E-state index < -0.39 is 0 Å². The summed E-state index contributed by atoms with van der Waals surface area (Å²) in [6.07, 6.45) is 1.75. The number of nitrogens with zero attached hydrogens (tertiary/aromatic N) is 3. The maximum absolute atomic E-state index is 5.49. The molecule has 0 unspecified atom stereocenters. The predicted molar refractivity (Wildman–Crippen MR) is 50.1 cm³/mol. The molecule has 0 aliphatic heterocycles. The number of halogens is 1. The van der Waals surface area contributed by atoms with Crippen LogP contribution < -0.4 is 5.73 Å². The maximum atomic E-state index is 5.49. The third kappa shape index (κ3) is 1.05. The molecule has 0 aliphatic carbocycles. The van der Waals surface area contributed by atoms with E-state index in [4.69, 9.17) is 5.73 Å². The third-order valence-corrected chi connectivity index (χ3v) is 2.08. The van der Waals surface area contributed by atoms with Crippen molar-refractivity contribution >= 4 is 34.1 Å². The summed E-state index contributed by atoms with van der Waals surface area (Å²) < 4.78 is 2.67. The molecule has 0 atom stereocenters. The van der Waals surface area contributed by atoms with E-state index in [2.05, 4.69) is 32.7 Å². The van der Waals surface area contributed by atoms with E-state index >= 15 is 0 Å². The molecule has 5 heteroatoms. The molecule has 0 saturated carbocycles. The Labute approximate surface area is 76.6 Å². The SMILES string of the molecule is Nc1ccc2ncc(I)n2n1. The lowest BCUT2D eigenvalue weighted by molar-refractivity contribution is 0.923. The fourth-order valence-electron chi connectivity index (χ4n) is 0.860. The molecule has 2 N–H and O–H groups in total. The number of fused-ring (bicyclic) bond motifs is 1. The number of rotatable bonds is 0. The molecule has 0 fully saturated rings. The van der Waals surface area contributed by atoms with Gasteiger partial charge in [0.25, 0.3) is 0 Å². The highest BCUT2D eigenvalue weighted by Crippen LogP contribution is 2.08. The molecule has 2 heterocycles. The minimum atomic E-state index is 0.508. The summed E-state index contributed by atoms with van der Waals surface area (Å²) in [7, 11) is 0. The Balaban J connectivity index is 2.87. The zero-order valence-electron chi connectivity index (χ0n) is 5.53. The van der Waals surface area contributed by atoms with Gasteiger partial charge < -0.3 is 5.73 Å². The van der Waals surface area contributed by atoms with Crippen molar-refractivity contribution in [2.75, 3.05) is 5.73 Å². The van der Waals surface area contributed by atoms with Gasteiger partial charge in [-0.1, -0.05) is 0 Å². The maximum Gasteiger partial charge on any atom is 0.154 e. The molecule has 2 aromatic rings. The molecule has 0 bridgehead atoms. The van der Waals surface area contributed by atoms with Gasteiger partial charge in [-0.2, -0.15) is 0 Å². The third-order valence-electron chi connectivity index (χ3n) is 1.34. The van der Waals surface area contributed by atoms with Gasteiger partial charge in [0.2, 0.25) is 0 Å². The molecule has 0 saturated heterocycles. The number of hydrogen-bond donors (Lipinski definition) is 1. The Morgan fingerprint density at radius 1 is 1.45 bits per heavy atom. The summed E-state index contributed by atoms with van der Waals surface area (Å²) in [4.78, 5) is 4.10. The predicted octanol–water partition coefficient (Wildman–Crippen LogP) is 0.916. The minimum absolute atomic E-state index is 0.508. The fourth-order valence-corrected chi connectivity index (χ4v) is 1.35. The second-order valence-electron chi connectivity index (χ2n) is 2.11.